The molecule has 0 aliphatic heterocycles. The summed E-state index contributed by atoms with van der Waals surface area (Å²) in [4.78, 5) is 4.81. The lowest BCUT2D eigenvalue weighted by Crippen LogP contribution is -2.17. The molecule has 0 aliphatic carbocycles. The highest BCUT2D eigenvalue weighted by molar-refractivity contribution is 5.43. The molecule has 0 fully saturated rings. The van der Waals surface area contributed by atoms with Crippen LogP contribution in [0.4, 0.5) is 5.69 Å². The summed E-state index contributed by atoms with van der Waals surface area (Å²) in [5.41, 5.74) is 0.789. The number of nitrogens with zero attached hydrogens (tertiary/aromatic N) is 1. The number of hydrogen-bond donors (Lipinski definition) is 1. The largest absolute Gasteiger partial charge is 0.368 e. The van der Waals surface area contributed by atoms with Crippen molar-refractivity contribution in [3.8, 4) is 0 Å². The molecule has 0 atom stereocenters. The van der Waals surface area contributed by atoms with Crippen LogP contribution in [0.25, 0.3) is 0 Å². The molecule has 0 spiro atoms. The average molecular weight is 152 g/mol. The predicted molar refractivity (Wildman–Crippen MR) is 42.2 cm³/mol. The molecule has 3 nitrogen and oxygen atoms in total. The molecule has 0 heterocycles. The van der Waals surface area contributed by atoms with E-state index in [4.69, 9.17) is 9.94 Å². The lowest BCUT2D eigenvalue weighted by atomic mass is 10.3. The zero-order valence-electron chi connectivity index (χ0n) is 6.27. The molecule has 0 saturated heterocycles. The predicted octanol–water partition coefficient (Wildman–Crippen LogP) is 1.55. The van der Waals surface area contributed by atoms with Crippen LogP contribution in [0, 0.1) is 6.73 Å². The van der Waals surface area contributed by atoms with Gasteiger partial charge in [-0.2, -0.15) is 0 Å². The van der Waals surface area contributed by atoms with Crippen molar-refractivity contribution in [2.45, 2.75) is 0 Å². The van der Waals surface area contributed by atoms with Crippen LogP contribution in [0.15, 0.2) is 30.3 Å². The van der Waals surface area contributed by atoms with E-state index in [0.29, 0.717) is 0 Å². The third-order valence-electron chi connectivity index (χ3n) is 1.31. The van der Waals surface area contributed by atoms with Gasteiger partial charge in [-0.15, -0.1) is 0 Å². The van der Waals surface area contributed by atoms with E-state index >= 15 is 0 Å². The number of benzene rings is 1. The maximum Gasteiger partial charge on any atom is 0.198 e. The minimum atomic E-state index is 0.789. The van der Waals surface area contributed by atoms with Gasteiger partial charge in [-0.25, -0.2) is 5.06 Å². The highest BCUT2D eigenvalue weighted by Crippen LogP contribution is 2.12. The molecule has 3 heteroatoms. The zero-order chi connectivity index (χ0) is 8.10. The highest BCUT2D eigenvalue weighted by atomic mass is 16.7. The third kappa shape index (κ3) is 1.93. The van der Waals surface area contributed by atoms with E-state index in [0.717, 1.165) is 12.4 Å². The van der Waals surface area contributed by atoms with Crippen LogP contribution in [0.3, 0.4) is 0 Å². The van der Waals surface area contributed by atoms with Crippen LogP contribution in [-0.2, 0) is 4.84 Å². The van der Waals surface area contributed by atoms with E-state index in [2.05, 4.69) is 0 Å². The average Bonchev–Trinajstić information content (AvgIpc) is 2.09. The molecule has 1 rings (SSSR count). The maximum absolute atomic E-state index is 8.66. The van der Waals surface area contributed by atoms with Crippen molar-refractivity contribution in [1.29, 1.82) is 0 Å². The number of aliphatic hydroxyl groups excluding tert-OH is 1. The molecule has 1 N–H and O–H groups in total. The number of para-hydroxylation sites is 1. The molecular weight excluding hydrogens is 142 g/mol. The summed E-state index contributed by atoms with van der Waals surface area (Å²) in [6.45, 7) is 0.870. The first-order valence-electron chi connectivity index (χ1n) is 3.24. The van der Waals surface area contributed by atoms with Crippen molar-refractivity contribution in [3.63, 3.8) is 0 Å². The first-order valence-corrected chi connectivity index (χ1v) is 3.24. The second kappa shape index (κ2) is 3.95. The van der Waals surface area contributed by atoms with E-state index in [9.17, 15) is 0 Å². The standard InChI is InChI=1S/C8H10NO2/c1-11-9(7-10)8-5-3-2-4-6-8/h2-7,10H,1H3. The van der Waals surface area contributed by atoms with Gasteiger partial charge in [-0.05, 0) is 12.1 Å². The summed E-state index contributed by atoms with van der Waals surface area (Å²) in [5, 5.41) is 9.92. The Morgan fingerprint density at radius 2 is 2.00 bits per heavy atom. The quantitative estimate of drug-likeness (QED) is 0.667. The fourth-order valence-electron chi connectivity index (χ4n) is 0.794. The van der Waals surface area contributed by atoms with Gasteiger partial charge in [-0.1, -0.05) is 18.2 Å². The third-order valence-corrected chi connectivity index (χ3v) is 1.31. The number of hydrogen-bond acceptors (Lipinski definition) is 3. The van der Waals surface area contributed by atoms with Gasteiger partial charge in [0.2, 0.25) is 0 Å². The van der Waals surface area contributed by atoms with Gasteiger partial charge >= 0.3 is 0 Å². The van der Waals surface area contributed by atoms with Crippen molar-refractivity contribution >= 4 is 5.69 Å². The van der Waals surface area contributed by atoms with E-state index < -0.39 is 0 Å². The van der Waals surface area contributed by atoms with E-state index in [1.807, 2.05) is 30.3 Å². The first-order chi connectivity index (χ1) is 5.38. The summed E-state index contributed by atoms with van der Waals surface area (Å²) < 4.78 is 0. The maximum atomic E-state index is 8.66. The lowest BCUT2D eigenvalue weighted by Gasteiger charge is -2.16. The second-order valence-electron chi connectivity index (χ2n) is 1.96. The van der Waals surface area contributed by atoms with Gasteiger partial charge in [0.15, 0.2) is 6.73 Å². The fraction of sp³-hybridized carbons (Fsp3) is 0.125. The smallest absolute Gasteiger partial charge is 0.198 e. The van der Waals surface area contributed by atoms with Gasteiger partial charge < -0.3 is 5.11 Å². The Balaban J connectivity index is 2.74. The Bertz CT molecular complexity index is 197. The molecule has 1 aromatic carbocycles. The van der Waals surface area contributed by atoms with Gasteiger partial charge in [0.25, 0.3) is 0 Å². The van der Waals surface area contributed by atoms with Gasteiger partial charge in [0, 0.05) is 0 Å². The topological polar surface area (TPSA) is 32.7 Å². The van der Waals surface area contributed by atoms with E-state index in [1.54, 1.807) is 0 Å². The van der Waals surface area contributed by atoms with Crippen molar-refractivity contribution in [2.75, 3.05) is 12.2 Å². The summed E-state index contributed by atoms with van der Waals surface area (Å²) >= 11 is 0. The van der Waals surface area contributed by atoms with Crippen molar-refractivity contribution in [3.05, 3.63) is 37.1 Å². The monoisotopic (exact) mass is 152 g/mol. The van der Waals surface area contributed by atoms with Crippen LogP contribution in [0.2, 0.25) is 0 Å². The molecule has 1 radical (unpaired) electrons. The SMILES string of the molecule is CON([CH]O)c1ccccc1. The van der Waals surface area contributed by atoms with Crippen LogP contribution < -0.4 is 5.06 Å². The molecule has 0 unspecified atom stereocenters. The molecule has 0 bridgehead atoms. The zero-order valence-corrected chi connectivity index (χ0v) is 6.27. The summed E-state index contributed by atoms with van der Waals surface area (Å²) in [5.74, 6) is 0. The lowest BCUT2D eigenvalue weighted by molar-refractivity contribution is 0.141. The minimum absolute atomic E-state index is 0.789. The van der Waals surface area contributed by atoms with Crippen molar-refractivity contribution in [2.24, 2.45) is 0 Å². The molecule has 11 heavy (non-hydrogen) atoms. The van der Waals surface area contributed by atoms with E-state index in [-0.39, 0.29) is 0 Å². The Morgan fingerprint density at radius 1 is 1.36 bits per heavy atom. The molecule has 0 saturated carbocycles. The Labute approximate surface area is 65.8 Å². The number of aliphatic hydroxyl groups is 1. The molecule has 0 aliphatic rings. The second-order valence-corrected chi connectivity index (χ2v) is 1.96. The Kier molecular flexibility index (Phi) is 2.89. The van der Waals surface area contributed by atoms with E-state index in [1.165, 1.54) is 12.2 Å². The van der Waals surface area contributed by atoms with Gasteiger partial charge in [0.1, 0.15) is 0 Å². The van der Waals surface area contributed by atoms with Crippen molar-refractivity contribution < 1.29 is 9.94 Å². The van der Waals surface area contributed by atoms with Crippen LogP contribution in [0.5, 0.6) is 0 Å². The molecule has 0 amide bonds. The summed E-state index contributed by atoms with van der Waals surface area (Å²) in [6.07, 6.45) is 0. The number of anilines is 1. The normalized spacial score (nSPS) is 9.64. The minimum Gasteiger partial charge on any atom is -0.368 e. The molecule has 59 valence electrons. The van der Waals surface area contributed by atoms with Crippen LogP contribution in [-0.4, -0.2) is 12.2 Å². The van der Waals surface area contributed by atoms with Crippen molar-refractivity contribution in [1.82, 2.24) is 0 Å². The van der Waals surface area contributed by atoms with Gasteiger partial charge in [0.05, 0.1) is 12.8 Å². The first kappa shape index (κ1) is 8.04. The Hall–Kier alpha value is -1.06. The Morgan fingerprint density at radius 3 is 2.45 bits per heavy atom. The molecular formula is C8H10NO2. The molecule has 1 aromatic rings. The number of hydroxylamine groups is 1. The molecule has 0 aromatic heterocycles. The fourth-order valence-corrected chi connectivity index (χ4v) is 0.794. The highest BCUT2D eigenvalue weighted by Gasteiger charge is 2.01. The van der Waals surface area contributed by atoms with Crippen LogP contribution >= 0.6 is 0 Å². The van der Waals surface area contributed by atoms with Crippen LogP contribution in [0.1, 0.15) is 0 Å². The number of rotatable bonds is 3. The summed E-state index contributed by atoms with van der Waals surface area (Å²) in [7, 11) is 1.49. The summed E-state index contributed by atoms with van der Waals surface area (Å²) in [6, 6.07) is 9.29. The van der Waals surface area contributed by atoms with Gasteiger partial charge in [-0.3, -0.25) is 4.84 Å².